The van der Waals surface area contributed by atoms with Gasteiger partial charge in [-0.3, -0.25) is 24.5 Å². The summed E-state index contributed by atoms with van der Waals surface area (Å²) < 4.78 is 0. The molecule has 0 aromatic heterocycles. The lowest BCUT2D eigenvalue weighted by Crippen LogP contribution is -2.52. The summed E-state index contributed by atoms with van der Waals surface area (Å²) in [4.78, 5) is 50.4. The molecule has 4 amide bonds. The van der Waals surface area contributed by atoms with E-state index in [1.807, 2.05) is 6.07 Å². The summed E-state index contributed by atoms with van der Waals surface area (Å²) >= 11 is 0. The number of amides is 4. The van der Waals surface area contributed by atoms with Gasteiger partial charge in [0, 0.05) is 30.3 Å². The number of hydrogen-bond donors (Lipinski definition) is 3. The van der Waals surface area contributed by atoms with Crippen molar-refractivity contribution in [2.24, 2.45) is 5.92 Å². The van der Waals surface area contributed by atoms with Gasteiger partial charge in [-0.05, 0) is 55.4 Å². The molecule has 0 radical (unpaired) electrons. The summed E-state index contributed by atoms with van der Waals surface area (Å²) in [7, 11) is 0. The maximum Gasteiger partial charge on any atom is 0.255 e. The number of hydrogen-bond acceptors (Lipinski definition) is 5. The molecule has 3 heterocycles. The van der Waals surface area contributed by atoms with Crippen molar-refractivity contribution in [1.82, 2.24) is 15.5 Å². The number of imide groups is 1. The van der Waals surface area contributed by atoms with Crippen molar-refractivity contribution < 1.29 is 19.2 Å². The highest BCUT2D eigenvalue weighted by Crippen LogP contribution is 2.35. The molecule has 8 heteroatoms. The fourth-order valence-electron chi connectivity index (χ4n) is 5.23. The molecule has 29 heavy (non-hydrogen) atoms. The third-order valence-corrected chi connectivity index (χ3v) is 6.72. The van der Waals surface area contributed by atoms with E-state index in [0.29, 0.717) is 36.2 Å². The van der Waals surface area contributed by atoms with Gasteiger partial charge in [-0.2, -0.15) is 0 Å². The van der Waals surface area contributed by atoms with Gasteiger partial charge in [-0.15, -0.1) is 0 Å². The van der Waals surface area contributed by atoms with E-state index in [9.17, 15) is 19.2 Å². The van der Waals surface area contributed by atoms with Gasteiger partial charge in [0.05, 0.1) is 6.04 Å². The van der Waals surface area contributed by atoms with Crippen molar-refractivity contribution in [2.45, 2.75) is 63.2 Å². The normalized spacial score (nSPS) is 30.9. The Kier molecular flexibility index (Phi) is 4.38. The SMILES string of the molecule is O=C1CCC(N2Cc3cc(NC(=O)[C@@H]4C[C@@H]5CCC[C@@H]5N4)ccc3C2=O)C(=O)N1. The van der Waals surface area contributed by atoms with E-state index in [1.165, 1.54) is 17.7 Å². The second-order valence-electron chi connectivity index (χ2n) is 8.51. The summed E-state index contributed by atoms with van der Waals surface area (Å²) in [6.45, 7) is 0.302. The largest absolute Gasteiger partial charge is 0.325 e. The molecule has 3 N–H and O–H groups in total. The zero-order valence-corrected chi connectivity index (χ0v) is 16.1. The molecular weight excluding hydrogens is 372 g/mol. The van der Waals surface area contributed by atoms with Crippen molar-refractivity contribution in [2.75, 3.05) is 5.32 Å². The van der Waals surface area contributed by atoms with Gasteiger partial charge in [0.15, 0.2) is 0 Å². The average Bonchev–Trinajstić information content (AvgIpc) is 3.36. The van der Waals surface area contributed by atoms with Crippen molar-refractivity contribution in [3.8, 4) is 0 Å². The minimum absolute atomic E-state index is 0.0364. The van der Waals surface area contributed by atoms with E-state index in [-0.39, 0.29) is 30.2 Å². The molecule has 152 valence electrons. The van der Waals surface area contributed by atoms with Crippen LogP contribution in [0, 0.1) is 5.92 Å². The first-order valence-corrected chi connectivity index (χ1v) is 10.3. The van der Waals surface area contributed by atoms with Crippen LogP contribution in [0.5, 0.6) is 0 Å². The Morgan fingerprint density at radius 2 is 2.00 bits per heavy atom. The number of piperidine rings is 1. The summed E-state index contributed by atoms with van der Waals surface area (Å²) in [6, 6.07) is 4.92. The number of rotatable bonds is 3. The fraction of sp³-hybridized carbons (Fsp3) is 0.524. The van der Waals surface area contributed by atoms with E-state index in [2.05, 4.69) is 16.0 Å². The number of benzene rings is 1. The molecule has 3 fully saturated rings. The first-order chi connectivity index (χ1) is 14.0. The molecule has 5 rings (SSSR count). The number of carbonyl (C=O) groups excluding carboxylic acids is 4. The lowest BCUT2D eigenvalue weighted by molar-refractivity contribution is -0.137. The van der Waals surface area contributed by atoms with Gasteiger partial charge in [0.1, 0.15) is 6.04 Å². The predicted molar refractivity (Wildman–Crippen MR) is 104 cm³/mol. The smallest absolute Gasteiger partial charge is 0.255 e. The average molecular weight is 396 g/mol. The highest BCUT2D eigenvalue weighted by atomic mass is 16.2. The van der Waals surface area contributed by atoms with Crippen LogP contribution >= 0.6 is 0 Å². The van der Waals surface area contributed by atoms with E-state index in [4.69, 9.17) is 0 Å². The summed E-state index contributed by atoms with van der Waals surface area (Å²) in [6.07, 6.45) is 5.02. The quantitative estimate of drug-likeness (QED) is 0.659. The van der Waals surface area contributed by atoms with Gasteiger partial charge < -0.3 is 15.5 Å². The topological polar surface area (TPSA) is 108 Å². The van der Waals surface area contributed by atoms with Crippen LogP contribution in [0.3, 0.4) is 0 Å². The first-order valence-electron chi connectivity index (χ1n) is 10.3. The van der Waals surface area contributed by atoms with Crippen molar-refractivity contribution in [3.63, 3.8) is 0 Å². The van der Waals surface area contributed by atoms with Crippen LogP contribution < -0.4 is 16.0 Å². The molecule has 8 nitrogen and oxygen atoms in total. The number of carbonyl (C=O) groups is 4. The number of fused-ring (bicyclic) bond motifs is 2. The molecule has 0 spiro atoms. The minimum Gasteiger partial charge on any atom is -0.325 e. The zero-order valence-electron chi connectivity index (χ0n) is 16.1. The lowest BCUT2D eigenvalue weighted by Gasteiger charge is -2.29. The van der Waals surface area contributed by atoms with Gasteiger partial charge in [0.25, 0.3) is 5.91 Å². The van der Waals surface area contributed by atoms with E-state index < -0.39 is 11.9 Å². The van der Waals surface area contributed by atoms with Crippen LogP contribution in [0.2, 0.25) is 0 Å². The lowest BCUT2D eigenvalue weighted by atomic mass is 10.0. The maximum atomic E-state index is 12.7. The Morgan fingerprint density at radius 1 is 1.14 bits per heavy atom. The second kappa shape index (κ2) is 6.95. The van der Waals surface area contributed by atoms with Gasteiger partial charge >= 0.3 is 0 Å². The number of nitrogens with one attached hydrogen (secondary N) is 3. The Balaban J connectivity index is 1.27. The van der Waals surface area contributed by atoms with Crippen LogP contribution in [0.25, 0.3) is 0 Å². The van der Waals surface area contributed by atoms with Gasteiger partial charge in [-0.1, -0.05) is 6.42 Å². The van der Waals surface area contributed by atoms with Crippen LogP contribution in [-0.4, -0.2) is 46.7 Å². The number of anilines is 1. The van der Waals surface area contributed by atoms with Crippen LogP contribution in [0.1, 0.15) is 54.4 Å². The van der Waals surface area contributed by atoms with Crippen molar-refractivity contribution >= 4 is 29.3 Å². The molecule has 1 saturated carbocycles. The summed E-state index contributed by atoms with van der Waals surface area (Å²) in [5.41, 5.74) is 1.99. The molecule has 1 aromatic rings. The highest BCUT2D eigenvalue weighted by molar-refractivity contribution is 6.05. The predicted octanol–water partition coefficient (Wildman–Crippen LogP) is 0.917. The Morgan fingerprint density at radius 3 is 2.79 bits per heavy atom. The minimum atomic E-state index is -0.632. The van der Waals surface area contributed by atoms with Crippen molar-refractivity contribution in [3.05, 3.63) is 29.3 Å². The molecule has 0 bridgehead atoms. The standard InChI is InChI=1S/C21H24N4O4/c26-18-7-6-17(20(28)24-18)25-10-12-8-13(4-5-14(12)21(25)29)22-19(27)16-9-11-2-1-3-15(11)23-16/h4-5,8,11,15-17,23H,1-3,6-7,9-10H2,(H,22,27)(H,24,26,28)/t11-,15-,16-,17?/m0/s1. The third-order valence-electron chi connectivity index (χ3n) is 6.72. The molecule has 4 atom stereocenters. The fourth-order valence-corrected chi connectivity index (χ4v) is 5.23. The molecule has 1 aromatic carbocycles. The van der Waals surface area contributed by atoms with E-state index >= 15 is 0 Å². The zero-order chi connectivity index (χ0) is 20.1. The van der Waals surface area contributed by atoms with E-state index in [1.54, 1.807) is 12.1 Å². The molecule has 1 unspecified atom stereocenters. The summed E-state index contributed by atoms with van der Waals surface area (Å²) in [5.74, 6) is -0.368. The van der Waals surface area contributed by atoms with Crippen LogP contribution in [-0.2, 0) is 20.9 Å². The Bertz CT molecular complexity index is 902. The molecule has 2 saturated heterocycles. The number of nitrogens with zero attached hydrogens (tertiary/aromatic N) is 1. The van der Waals surface area contributed by atoms with Crippen LogP contribution in [0.4, 0.5) is 5.69 Å². The highest BCUT2D eigenvalue weighted by Gasteiger charge is 2.41. The summed E-state index contributed by atoms with van der Waals surface area (Å²) in [5, 5.41) is 8.72. The van der Waals surface area contributed by atoms with Crippen LogP contribution in [0.15, 0.2) is 18.2 Å². The molecule has 1 aliphatic carbocycles. The van der Waals surface area contributed by atoms with Gasteiger partial charge in [0.2, 0.25) is 17.7 Å². The van der Waals surface area contributed by atoms with E-state index in [0.717, 1.165) is 18.4 Å². The van der Waals surface area contributed by atoms with Gasteiger partial charge in [-0.25, -0.2) is 0 Å². The maximum absolute atomic E-state index is 12.7. The third kappa shape index (κ3) is 3.21. The second-order valence-corrected chi connectivity index (χ2v) is 8.51. The Labute approximate surface area is 168 Å². The molecule has 3 aliphatic heterocycles. The first kappa shape index (κ1) is 18.3. The van der Waals surface area contributed by atoms with Crippen molar-refractivity contribution in [1.29, 1.82) is 0 Å². The molecule has 4 aliphatic rings. The Hall–Kier alpha value is -2.74. The monoisotopic (exact) mass is 396 g/mol. The molecular formula is C21H24N4O4.